The number of hydrogen-bond donors (Lipinski definition) is 0. The fraction of sp³-hybridized carbons (Fsp3) is 0.588. The van der Waals surface area contributed by atoms with Crippen LogP contribution in [-0.4, -0.2) is 30.1 Å². The zero-order valence-electron chi connectivity index (χ0n) is 15.4. The van der Waals surface area contributed by atoms with Crippen molar-refractivity contribution in [1.29, 1.82) is 0 Å². The van der Waals surface area contributed by atoms with Crippen molar-refractivity contribution in [3.05, 3.63) is 35.9 Å². The monoisotopic (exact) mass is 335 g/mol. The summed E-state index contributed by atoms with van der Waals surface area (Å²) in [5.41, 5.74) is 2.78. The molecule has 21 heavy (non-hydrogen) atoms. The molecule has 0 spiro atoms. The van der Waals surface area contributed by atoms with Crippen LogP contribution in [-0.2, 0) is 0 Å². The molecule has 0 saturated heterocycles. The van der Waals surface area contributed by atoms with Crippen molar-refractivity contribution in [2.45, 2.75) is 64.1 Å². The Morgan fingerprint density at radius 3 is 1.52 bits per heavy atom. The van der Waals surface area contributed by atoms with Crippen molar-refractivity contribution in [2.24, 2.45) is 4.66 Å². The van der Waals surface area contributed by atoms with Gasteiger partial charge in [-0.05, 0) is 30.4 Å². The molecule has 0 aliphatic heterocycles. The summed E-state index contributed by atoms with van der Waals surface area (Å²) < 4.78 is 5.34. The summed E-state index contributed by atoms with van der Waals surface area (Å²) in [6, 6.07) is 10.9. The van der Waals surface area contributed by atoms with E-state index in [1.165, 1.54) is 11.3 Å². The molecule has 0 N–H and O–H groups in total. The Labute approximate surface area is 135 Å². The number of benzene rings is 1. The van der Waals surface area contributed by atoms with Gasteiger partial charge in [0.05, 0.1) is 16.1 Å². The highest BCUT2D eigenvalue weighted by molar-refractivity contribution is 7.01. The Kier molecular flexibility index (Phi) is 5.62. The van der Waals surface area contributed by atoms with Gasteiger partial charge in [-0.2, -0.15) is 0 Å². The minimum Gasteiger partial charge on any atom is -0.326 e. The Morgan fingerprint density at radius 1 is 0.762 bits per heavy atom. The second-order valence-corrected chi connectivity index (χ2v) is 25.0. The highest BCUT2D eigenvalue weighted by Crippen LogP contribution is 2.36. The maximum Gasteiger partial charge on any atom is 0.172 e. The molecule has 4 heteroatoms. The summed E-state index contributed by atoms with van der Waals surface area (Å²) in [4.78, 5) is 0. The summed E-state index contributed by atoms with van der Waals surface area (Å²) in [6.45, 7) is 22.1. The third kappa shape index (κ3) is 5.68. The van der Waals surface area contributed by atoms with E-state index in [0.29, 0.717) is 5.16 Å². The van der Waals surface area contributed by atoms with Gasteiger partial charge in [-0.25, -0.2) is 0 Å². The van der Waals surface area contributed by atoms with E-state index in [0.717, 1.165) is 0 Å². The molecule has 0 fully saturated rings. The van der Waals surface area contributed by atoms with E-state index in [1.807, 2.05) is 0 Å². The predicted octanol–water partition coefficient (Wildman–Crippen LogP) is 5.90. The Bertz CT molecular complexity index is 473. The van der Waals surface area contributed by atoms with E-state index in [9.17, 15) is 0 Å². The summed E-state index contributed by atoms with van der Waals surface area (Å²) in [5.74, 6) is 0. The van der Waals surface area contributed by atoms with Crippen LogP contribution < -0.4 is 0 Å². The van der Waals surface area contributed by atoms with Crippen molar-refractivity contribution in [3.8, 4) is 0 Å². The lowest BCUT2D eigenvalue weighted by Crippen LogP contribution is -2.49. The van der Waals surface area contributed by atoms with Gasteiger partial charge in [-0.15, -0.1) is 0 Å². The first-order valence-corrected chi connectivity index (χ1v) is 18.6. The fourth-order valence-corrected chi connectivity index (χ4v) is 17.1. The van der Waals surface area contributed by atoms with E-state index in [2.05, 4.69) is 89.3 Å². The van der Waals surface area contributed by atoms with E-state index < -0.39 is 24.4 Å². The summed E-state index contributed by atoms with van der Waals surface area (Å²) in [6.07, 6.45) is 0. The molecule has 0 heterocycles. The van der Waals surface area contributed by atoms with E-state index in [-0.39, 0.29) is 0 Å². The fourth-order valence-electron chi connectivity index (χ4n) is 3.39. The lowest BCUT2D eigenvalue weighted by Gasteiger charge is -2.40. The number of nitrogens with zero attached hydrogens (tertiary/aromatic N) is 1. The van der Waals surface area contributed by atoms with Crippen LogP contribution in [0.2, 0.25) is 64.1 Å². The van der Waals surface area contributed by atoms with Gasteiger partial charge in [0.1, 0.15) is 0 Å². The minimum atomic E-state index is -1.49. The van der Waals surface area contributed by atoms with Crippen LogP contribution in [0.1, 0.15) is 5.56 Å². The molecule has 1 aromatic rings. The van der Waals surface area contributed by atoms with Crippen LogP contribution in [0.5, 0.6) is 0 Å². The molecular formula is C17H33NSi3. The van der Waals surface area contributed by atoms with Crippen molar-refractivity contribution >= 4 is 30.1 Å². The molecule has 1 nitrogen and oxygen atoms in total. The minimum absolute atomic E-state index is 0.708. The van der Waals surface area contributed by atoms with Crippen LogP contribution in [0.15, 0.2) is 35.0 Å². The average molecular weight is 336 g/mol. The standard InChI is InChI=1S/C17H33NSi3/c1-19(2,3)17(20(4,5)6)16(18-21(7,8)9)15-13-11-10-12-14-15/h10-14,17H,1-9H3/b18-16+. The van der Waals surface area contributed by atoms with E-state index >= 15 is 0 Å². The van der Waals surface area contributed by atoms with Gasteiger partial charge < -0.3 is 4.66 Å². The van der Waals surface area contributed by atoms with Crippen LogP contribution in [0.3, 0.4) is 0 Å². The zero-order chi connectivity index (χ0) is 16.5. The molecule has 1 rings (SSSR count). The first kappa shape index (κ1) is 18.6. The van der Waals surface area contributed by atoms with Crippen molar-refractivity contribution in [3.63, 3.8) is 0 Å². The van der Waals surface area contributed by atoms with Gasteiger partial charge in [-0.1, -0.05) is 69.6 Å². The van der Waals surface area contributed by atoms with Gasteiger partial charge in [0, 0.05) is 5.71 Å². The van der Waals surface area contributed by atoms with Crippen molar-refractivity contribution in [2.75, 3.05) is 0 Å². The molecule has 0 aliphatic carbocycles. The van der Waals surface area contributed by atoms with Crippen LogP contribution in [0.25, 0.3) is 0 Å². The molecule has 0 unspecified atom stereocenters. The predicted molar refractivity (Wildman–Crippen MR) is 107 cm³/mol. The molecule has 0 radical (unpaired) electrons. The van der Waals surface area contributed by atoms with Crippen LogP contribution in [0, 0.1) is 0 Å². The SMILES string of the molecule is C[Si](C)(C)/N=C(\c1ccccc1)C([Si](C)(C)C)[Si](C)(C)C. The summed E-state index contributed by atoms with van der Waals surface area (Å²) in [7, 11) is -4.12. The van der Waals surface area contributed by atoms with Gasteiger partial charge >= 0.3 is 0 Å². The maximum absolute atomic E-state index is 5.34. The number of hydrogen-bond acceptors (Lipinski definition) is 1. The number of rotatable bonds is 5. The van der Waals surface area contributed by atoms with Gasteiger partial charge in [0.15, 0.2) is 8.24 Å². The first-order valence-electron chi connectivity index (χ1n) is 7.97. The summed E-state index contributed by atoms with van der Waals surface area (Å²) >= 11 is 0. The molecule has 0 atom stereocenters. The Morgan fingerprint density at radius 2 is 1.19 bits per heavy atom. The Hall–Kier alpha value is -0.459. The molecule has 1 aromatic carbocycles. The van der Waals surface area contributed by atoms with Crippen LogP contribution in [0.4, 0.5) is 0 Å². The largest absolute Gasteiger partial charge is 0.326 e. The quantitative estimate of drug-likeness (QED) is 0.469. The lowest BCUT2D eigenvalue weighted by atomic mass is 10.1. The third-order valence-electron chi connectivity index (χ3n) is 3.53. The molecule has 0 amide bonds. The molecule has 0 aliphatic rings. The smallest absolute Gasteiger partial charge is 0.172 e. The van der Waals surface area contributed by atoms with Gasteiger partial charge in [0.2, 0.25) is 0 Å². The third-order valence-corrected chi connectivity index (χ3v) is 13.6. The zero-order valence-corrected chi connectivity index (χ0v) is 18.4. The maximum atomic E-state index is 5.34. The van der Waals surface area contributed by atoms with E-state index in [4.69, 9.17) is 4.66 Å². The van der Waals surface area contributed by atoms with Crippen molar-refractivity contribution < 1.29 is 0 Å². The normalized spacial score (nSPS) is 14.7. The Balaban J connectivity index is 3.53. The molecule has 0 aromatic heterocycles. The second kappa shape index (κ2) is 6.34. The molecular weight excluding hydrogens is 302 g/mol. The lowest BCUT2D eigenvalue weighted by molar-refractivity contribution is 1.33. The highest BCUT2D eigenvalue weighted by Gasteiger charge is 2.41. The average Bonchev–Trinajstić information content (AvgIpc) is 2.23. The topological polar surface area (TPSA) is 12.4 Å². The highest BCUT2D eigenvalue weighted by atomic mass is 28.4. The second-order valence-electron chi connectivity index (χ2n) is 9.20. The van der Waals surface area contributed by atoms with Gasteiger partial charge in [-0.3, -0.25) is 0 Å². The molecule has 118 valence electrons. The molecule has 0 bridgehead atoms. The molecule has 0 saturated carbocycles. The first-order chi connectivity index (χ1) is 9.32. The van der Waals surface area contributed by atoms with Crippen LogP contribution >= 0.6 is 0 Å². The van der Waals surface area contributed by atoms with Gasteiger partial charge in [0.25, 0.3) is 0 Å². The van der Waals surface area contributed by atoms with E-state index in [1.54, 1.807) is 0 Å². The summed E-state index contributed by atoms with van der Waals surface area (Å²) in [5, 5.41) is 0.708. The van der Waals surface area contributed by atoms with Crippen molar-refractivity contribution in [1.82, 2.24) is 0 Å².